The Balaban J connectivity index is 2.46. The maximum atomic E-state index is 11.4. The average Bonchev–Trinajstić information content (AvgIpc) is 2.39. The highest BCUT2D eigenvalue weighted by Crippen LogP contribution is 2.10. The molecule has 0 radical (unpaired) electrons. The van der Waals surface area contributed by atoms with Gasteiger partial charge in [0.2, 0.25) is 5.91 Å². The molecule has 2 N–H and O–H groups in total. The molecule has 0 aromatic rings. The lowest BCUT2D eigenvalue weighted by Crippen LogP contribution is -2.44. The zero-order valence-electron chi connectivity index (χ0n) is 8.16. The maximum absolute atomic E-state index is 11.4. The fourth-order valence-corrected chi connectivity index (χ4v) is 1.46. The largest absolute Gasteiger partial charge is 0.395 e. The van der Waals surface area contributed by atoms with Gasteiger partial charge in [0.25, 0.3) is 0 Å². The molecule has 0 aromatic carbocycles. The number of likely N-dealkylation sites (tertiary alicyclic amines) is 1. The van der Waals surface area contributed by atoms with E-state index in [-0.39, 0.29) is 25.1 Å². The van der Waals surface area contributed by atoms with Gasteiger partial charge in [0.1, 0.15) is 0 Å². The van der Waals surface area contributed by atoms with Crippen molar-refractivity contribution in [2.24, 2.45) is 0 Å². The first-order valence-corrected chi connectivity index (χ1v) is 4.95. The van der Waals surface area contributed by atoms with E-state index in [1.54, 1.807) is 0 Å². The van der Waals surface area contributed by atoms with Crippen LogP contribution in [0.2, 0.25) is 0 Å². The summed E-state index contributed by atoms with van der Waals surface area (Å²) in [5.74, 6) is -0.113. The Labute approximate surface area is 83.1 Å². The van der Waals surface area contributed by atoms with Crippen molar-refractivity contribution >= 4 is 11.9 Å². The molecule has 14 heavy (non-hydrogen) atoms. The molecule has 0 aromatic heterocycles. The van der Waals surface area contributed by atoms with Gasteiger partial charge in [-0.1, -0.05) is 6.42 Å². The Morgan fingerprint density at radius 3 is 2.93 bits per heavy atom. The Morgan fingerprint density at radius 1 is 1.43 bits per heavy atom. The van der Waals surface area contributed by atoms with Gasteiger partial charge >= 0.3 is 6.03 Å². The summed E-state index contributed by atoms with van der Waals surface area (Å²) in [6.07, 6.45) is 3.18. The predicted molar refractivity (Wildman–Crippen MR) is 50.7 cm³/mol. The van der Waals surface area contributed by atoms with Crippen molar-refractivity contribution in [3.8, 4) is 0 Å². The summed E-state index contributed by atoms with van der Waals surface area (Å²) < 4.78 is 0. The molecule has 0 unspecified atom stereocenters. The number of carbonyl (C=O) groups is 2. The predicted octanol–water partition coefficient (Wildman–Crippen LogP) is 0.0909. The zero-order valence-corrected chi connectivity index (χ0v) is 8.16. The smallest absolute Gasteiger partial charge is 0.324 e. The van der Waals surface area contributed by atoms with Crippen LogP contribution in [0.25, 0.3) is 0 Å². The number of carbonyl (C=O) groups excluding carboxylic acids is 2. The molecule has 0 atom stereocenters. The monoisotopic (exact) mass is 200 g/mol. The second kappa shape index (κ2) is 5.59. The van der Waals surface area contributed by atoms with Gasteiger partial charge in [-0.3, -0.25) is 9.69 Å². The normalized spacial score (nSPS) is 17.8. The number of nitrogens with zero attached hydrogens (tertiary/aromatic N) is 1. The first-order chi connectivity index (χ1) is 6.75. The van der Waals surface area contributed by atoms with Gasteiger partial charge in [-0.25, -0.2) is 4.79 Å². The van der Waals surface area contributed by atoms with Crippen LogP contribution in [-0.2, 0) is 4.79 Å². The molecule has 3 amide bonds. The number of aliphatic hydroxyl groups is 1. The van der Waals surface area contributed by atoms with E-state index in [1.165, 1.54) is 4.90 Å². The minimum atomic E-state index is -0.383. The van der Waals surface area contributed by atoms with Gasteiger partial charge < -0.3 is 10.4 Å². The van der Waals surface area contributed by atoms with Crippen LogP contribution < -0.4 is 5.32 Å². The molecule has 1 aliphatic rings. The molecule has 0 aliphatic carbocycles. The highest BCUT2D eigenvalue weighted by atomic mass is 16.3. The quantitative estimate of drug-likeness (QED) is 0.663. The van der Waals surface area contributed by atoms with Crippen LogP contribution >= 0.6 is 0 Å². The van der Waals surface area contributed by atoms with E-state index < -0.39 is 0 Å². The Morgan fingerprint density at radius 2 is 2.21 bits per heavy atom. The molecular formula is C9H16N2O3. The minimum Gasteiger partial charge on any atom is -0.395 e. The highest BCUT2D eigenvalue weighted by Gasteiger charge is 2.22. The maximum Gasteiger partial charge on any atom is 0.324 e. The number of hydrogen-bond acceptors (Lipinski definition) is 3. The fraction of sp³-hybridized carbons (Fsp3) is 0.778. The summed E-state index contributed by atoms with van der Waals surface area (Å²) in [7, 11) is 0. The summed E-state index contributed by atoms with van der Waals surface area (Å²) in [6, 6.07) is -0.383. The van der Waals surface area contributed by atoms with E-state index in [4.69, 9.17) is 5.11 Å². The fourth-order valence-electron chi connectivity index (χ4n) is 1.46. The number of rotatable bonds is 2. The van der Waals surface area contributed by atoms with E-state index in [0.29, 0.717) is 13.0 Å². The first kappa shape index (κ1) is 11.0. The van der Waals surface area contributed by atoms with Crippen molar-refractivity contribution < 1.29 is 14.7 Å². The molecule has 5 nitrogen and oxygen atoms in total. The number of hydrogen-bond donors (Lipinski definition) is 2. The van der Waals surface area contributed by atoms with Gasteiger partial charge in [0.05, 0.1) is 6.61 Å². The van der Waals surface area contributed by atoms with Crippen LogP contribution in [0.3, 0.4) is 0 Å². The molecule has 80 valence electrons. The third kappa shape index (κ3) is 2.99. The zero-order chi connectivity index (χ0) is 10.4. The van der Waals surface area contributed by atoms with Crippen molar-refractivity contribution in [3.63, 3.8) is 0 Å². The van der Waals surface area contributed by atoms with Crippen molar-refractivity contribution in [1.82, 2.24) is 10.2 Å². The van der Waals surface area contributed by atoms with Crippen LogP contribution in [0.4, 0.5) is 4.79 Å². The third-order valence-corrected chi connectivity index (χ3v) is 2.21. The number of amides is 3. The van der Waals surface area contributed by atoms with E-state index in [0.717, 1.165) is 19.3 Å². The Kier molecular flexibility index (Phi) is 4.39. The second-order valence-electron chi connectivity index (χ2n) is 3.31. The van der Waals surface area contributed by atoms with Gasteiger partial charge in [-0.15, -0.1) is 0 Å². The number of aliphatic hydroxyl groups excluding tert-OH is 1. The lowest BCUT2D eigenvalue weighted by Gasteiger charge is -2.18. The Bertz CT molecular complexity index is 218. The molecular weight excluding hydrogens is 184 g/mol. The highest BCUT2D eigenvalue weighted by molar-refractivity contribution is 5.94. The lowest BCUT2D eigenvalue weighted by molar-refractivity contribution is -0.127. The van der Waals surface area contributed by atoms with E-state index >= 15 is 0 Å². The van der Waals surface area contributed by atoms with Crippen LogP contribution in [0.1, 0.15) is 25.7 Å². The molecule has 1 aliphatic heterocycles. The summed E-state index contributed by atoms with van der Waals surface area (Å²) in [6.45, 7) is 0.590. The summed E-state index contributed by atoms with van der Waals surface area (Å²) in [5.41, 5.74) is 0. The average molecular weight is 200 g/mol. The molecule has 1 rings (SSSR count). The second-order valence-corrected chi connectivity index (χ2v) is 3.31. The topological polar surface area (TPSA) is 69.6 Å². The van der Waals surface area contributed by atoms with Crippen LogP contribution in [0.5, 0.6) is 0 Å². The summed E-state index contributed by atoms with van der Waals surface area (Å²) in [5, 5.41) is 11.0. The van der Waals surface area contributed by atoms with Gasteiger partial charge in [-0.2, -0.15) is 0 Å². The van der Waals surface area contributed by atoms with Crippen molar-refractivity contribution in [2.45, 2.75) is 25.7 Å². The third-order valence-electron chi connectivity index (χ3n) is 2.21. The molecule has 1 saturated heterocycles. The van der Waals surface area contributed by atoms with E-state index in [9.17, 15) is 9.59 Å². The number of urea groups is 1. The Hall–Kier alpha value is -1.10. The van der Waals surface area contributed by atoms with Crippen molar-refractivity contribution in [2.75, 3.05) is 19.7 Å². The molecule has 5 heteroatoms. The molecule has 0 spiro atoms. The molecule has 1 heterocycles. The van der Waals surface area contributed by atoms with Gasteiger partial charge in [0, 0.05) is 19.5 Å². The van der Waals surface area contributed by atoms with E-state index in [1.807, 2.05) is 0 Å². The lowest BCUT2D eigenvalue weighted by atomic mass is 10.2. The minimum absolute atomic E-state index is 0.103. The van der Waals surface area contributed by atoms with Crippen molar-refractivity contribution in [3.05, 3.63) is 0 Å². The standard InChI is InChI=1S/C9H16N2O3/c12-7-5-10-9(14)11-6-3-1-2-4-8(11)13/h12H,1-7H2,(H,10,14). The van der Waals surface area contributed by atoms with E-state index in [2.05, 4.69) is 5.32 Å². The number of nitrogens with one attached hydrogen (secondary N) is 1. The van der Waals surface area contributed by atoms with Gasteiger partial charge in [-0.05, 0) is 12.8 Å². The van der Waals surface area contributed by atoms with Crippen LogP contribution in [-0.4, -0.2) is 41.6 Å². The number of imide groups is 1. The van der Waals surface area contributed by atoms with Crippen molar-refractivity contribution in [1.29, 1.82) is 0 Å². The summed E-state index contributed by atoms with van der Waals surface area (Å²) in [4.78, 5) is 24.1. The van der Waals surface area contributed by atoms with Gasteiger partial charge in [0.15, 0.2) is 0 Å². The first-order valence-electron chi connectivity index (χ1n) is 4.95. The molecule has 0 bridgehead atoms. The van der Waals surface area contributed by atoms with Crippen LogP contribution in [0, 0.1) is 0 Å². The molecule has 1 fully saturated rings. The molecule has 0 saturated carbocycles. The summed E-state index contributed by atoms with van der Waals surface area (Å²) >= 11 is 0. The van der Waals surface area contributed by atoms with Crippen LogP contribution in [0.15, 0.2) is 0 Å². The SMILES string of the molecule is O=C1CCCCCN1C(=O)NCCO.